The lowest BCUT2D eigenvalue weighted by Crippen LogP contribution is -2.45. The average Bonchev–Trinajstić information content (AvgIpc) is 1.79. The van der Waals surface area contributed by atoms with E-state index in [1.807, 2.05) is 0 Å². The third-order valence-electron chi connectivity index (χ3n) is 1.18. The number of rotatable bonds is 3. The van der Waals surface area contributed by atoms with Gasteiger partial charge in [-0.3, -0.25) is 0 Å². The van der Waals surface area contributed by atoms with Gasteiger partial charge in [-0.1, -0.05) is 0 Å². The lowest BCUT2D eigenvalue weighted by atomic mass is 10.3. The van der Waals surface area contributed by atoms with Gasteiger partial charge in [0, 0.05) is 0 Å². The molecule has 14 heavy (non-hydrogen) atoms. The number of hydrogen-bond acceptors (Lipinski definition) is 3. The second-order valence-electron chi connectivity index (χ2n) is 2.24. The van der Waals surface area contributed by atoms with Crippen molar-refractivity contribution in [2.75, 3.05) is 0 Å². The third kappa shape index (κ3) is 3.33. The van der Waals surface area contributed by atoms with Crippen LogP contribution in [0.15, 0.2) is 0 Å². The van der Waals surface area contributed by atoms with E-state index in [2.05, 4.69) is 0 Å². The smallest absolute Gasteiger partial charge is 0.421 e. The Bertz CT molecular complexity index is 282. The van der Waals surface area contributed by atoms with E-state index in [9.17, 15) is 39.3 Å². The van der Waals surface area contributed by atoms with E-state index in [1.165, 1.54) is 0 Å². The fraction of sp³-hybridized carbons (Fsp3) is 1.00. The van der Waals surface area contributed by atoms with Crippen LogP contribution in [0.2, 0.25) is 0 Å². The second-order valence-corrected chi connectivity index (χ2v) is 3.77. The van der Waals surface area contributed by atoms with Gasteiger partial charge in [0.25, 0.3) is 6.43 Å². The molecule has 0 radical (unpaired) electrons. The van der Waals surface area contributed by atoms with Gasteiger partial charge in [0.15, 0.2) is 5.25 Å². The van der Waals surface area contributed by atoms with E-state index in [0.29, 0.717) is 0 Å². The number of alkyl halides is 6. The molecule has 0 aromatic rings. The Morgan fingerprint density at radius 2 is 1.43 bits per heavy atom. The molecule has 0 aromatic carbocycles. The predicted molar refractivity (Wildman–Crippen MR) is 30.4 cm³/mol. The summed E-state index contributed by atoms with van der Waals surface area (Å²) >= 11 is 0. The first-order valence-electron chi connectivity index (χ1n) is 2.91. The third-order valence-corrected chi connectivity index (χ3v) is 2.29. The molecule has 0 spiro atoms. The van der Waals surface area contributed by atoms with Crippen molar-refractivity contribution in [1.29, 1.82) is 0 Å². The maximum atomic E-state index is 12.1. The van der Waals surface area contributed by atoms with Crippen molar-refractivity contribution < 1.29 is 39.3 Å². The Morgan fingerprint density at radius 3 is 1.50 bits per heavy atom. The largest absolute Gasteiger partial charge is 0.747 e. The van der Waals surface area contributed by atoms with E-state index in [-0.39, 0.29) is 0 Å². The summed E-state index contributed by atoms with van der Waals surface area (Å²) in [6.45, 7) is 0. The van der Waals surface area contributed by atoms with Crippen molar-refractivity contribution in [3.8, 4) is 0 Å². The first kappa shape index (κ1) is 13.5. The zero-order valence-corrected chi connectivity index (χ0v) is 6.95. The van der Waals surface area contributed by atoms with E-state index >= 15 is 0 Å². The molecule has 2 atom stereocenters. The molecule has 0 rings (SSSR count). The van der Waals surface area contributed by atoms with Gasteiger partial charge in [0.2, 0.25) is 6.17 Å². The molecule has 0 heterocycles. The molecule has 0 aliphatic rings. The van der Waals surface area contributed by atoms with Crippen LogP contribution in [0.25, 0.3) is 0 Å². The molecule has 0 aliphatic heterocycles. The molecule has 2 unspecified atom stereocenters. The molecule has 86 valence electrons. The van der Waals surface area contributed by atoms with Gasteiger partial charge in [0.05, 0.1) is 0 Å². The Hall–Kier alpha value is -0.510. The lowest BCUT2D eigenvalue weighted by molar-refractivity contribution is -0.187. The molecule has 0 aromatic heterocycles. The Kier molecular flexibility index (Phi) is 3.78. The van der Waals surface area contributed by atoms with Crippen LogP contribution in [0.1, 0.15) is 0 Å². The highest BCUT2D eigenvalue weighted by atomic mass is 32.2. The highest BCUT2D eigenvalue weighted by Gasteiger charge is 2.51. The minimum absolute atomic E-state index is 3.91. The van der Waals surface area contributed by atoms with E-state index in [1.54, 1.807) is 0 Å². The molecule has 3 nitrogen and oxygen atoms in total. The zero-order valence-electron chi connectivity index (χ0n) is 6.13. The Morgan fingerprint density at radius 1 is 1.07 bits per heavy atom. The van der Waals surface area contributed by atoms with Crippen LogP contribution < -0.4 is 0 Å². The molecule has 0 aliphatic carbocycles. The first-order chi connectivity index (χ1) is 5.98. The molecule has 10 heteroatoms. The monoisotopic (exact) mass is 245 g/mol. The average molecular weight is 245 g/mol. The highest BCUT2D eigenvalue weighted by molar-refractivity contribution is 7.86. The fourth-order valence-corrected chi connectivity index (χ4v) is 1.29. The molecule has 0 fully saturated rings. The van der Waals surface area contributed by atoms with Crippen molar-refractivity contribution in [1.82, 2.24) is 0 Å². The first-order valence-corrected chi connectivity index (χ1v) is 4.38. The number of halogens is 6. The normalized spacial score (nSPS) is 18.3. The van der Waals surface area contributed by atoms with E-state index in [4.69, 9.17) is 0 Å². The van der Waals surface area contributed by atoms with Gasteiger partial charge in [0.1, 0.15) is 10.1 Å². The van der Waals surface area contributed by atoms with Crippen LogP contribution in [0.5, 0.6) is 0 Å². The van der Waals surface area contributed by atoms with E-state index < -0.39 is 34.1 Å². The van der Waals surface area contributed by atoms with Gasteiger partial charge in [-0.25, -0.2) is 21.6 Å². The van der Waals surface area contributed by atoms with Gasteiger partial charge in [-0.05, 0) is 0 Å². The molecular weight excluding hydrogens is 242 g/mol. The minimum Gasteiger partial charge on any atom is -0.747 e. The van der Waals surface area contributed by atoms with Gasteiger partial charge in [-0.2, -0.15) is 13.2 Å². The van der Waals surface area contributed by atoms with Crippen LogP contribution in [-0.4, -0.2) is 37.0 Å². The molecule has 0 bridgehead atoms. The summed E-state index contributed by atoms with van der Waals surface area (Å²) in [5.74, 6) is 0. The topological polar surface area (TPSA) is 57.2 Å². The summed E-state index contributed by atoms with van der Waals surface area (Å²) in [5, 5.41) is -3.91. The maximum Gasteiger partial charge on any atom is 0.421 e. The molecular formula is C4H3F6O3S-. The Labute approximate surface area is 74.5 Å². The van der Waals surface area contributed by atoms with Gasteiger partial charge >= 0.3 is 6.18 Å². The SMILES string of the molecule is O=S(=O)([O-])C(C(F)F)C(F)C(F)(F)F. The summed E-state index contributed by atoms with van der Waals surface area (Å²) in [6.07, 6.45) is -14.4. The summed E-state index contributed by atoms with van der Waals surface area (Å²) in [7, 11) is -6.04. The standard InChI is InChI=1S/C4H4F6O3S/c5-2(4(8,9)10)1(3(6)7)14(11,12)13/h1-3H,(H,11,12,13)/p-1. The predicted octanol–water partition coefficient (Wildman–Crippen LogP) is 1.07. The quantitative estimate of drug-likeness (QED) is 0.552. The summed E-state index contributed by atoms with van der Waals surface area (Å²) in [5.41, 5.74) is 0. The number of hydrogen-bond donors (Lipinski definition) is 0. The molecule has 0 saturated carbocycles. The zero-order chi connectivity index (χ0) is 11.7. The Balaban J connectivity index is 5.07. The van der Waals surface area contributed by atoms with Crippen LogP contribution >= 0.6 is 0 Å². The van der Waals surface area contributed by atoms with Crippen molar-refractivity contribution in [3.63, 3.8) is 0 Å². The summed E-state index contributed by atoms with van der Waals surface area (Å²) in [4.78, 5) is 0. The molecule has 0 saturated heterocycles. The van der Waals surface area contributed by atoms with Crippen LogP contribution in [0, 0.1) is 0 Å². The van der Waals surface area contributed by atoms with Crippen LogP contribution in [0.4, 0.5) is 26.3 Å². The van der Waals surface area contributed by atoms with Crippen LogP contribution in [-0.2, 0) is 10.1 Å². The molecule has 0 N–H and O–H groups in total. The van der Waals surface area contributed by atoms with Gasteiger partial charge in [-0.15, -0.1) is 0 Å². The minimum atomic E-state index is -6.04. The van der Waals surface area contributed by atoms with Crippen molar-refractivity contribution in [2.24, 2.45) is 0 Å². The second kappa shape index (κ2) is 3.93. The molecule has 0 amide bonds. The highest BCUT2D eigenvalue weighted by Crippen LogP contribution is 2.31. The van der Waals surface area contributed by atoms with Crippen molar-refractivity contribution >= 4 is 10.1 Å². The van der Waals surface area contributed by atoms with Crippen LogP contribution in [0.3, 0.4) is 0 Å². The van der Waals surface area contributed by atoms with E-state index in [0.717, 1.165) is 0 Å². The maximum absolute atomic E-state index is 12.1. The fourth-order valence-electron chi connectivity index (χ4n) is 0.586. The van der Waals surface area contributed by atoms with Crippen molar-refractivity contribution in [3.05, 3.63) is 0 Å². The van der Waals surface area contributed by atoms with Crippen molar-refractivity contribution in [2.45, 2.75) is 24.0 Å². The van der Waals surface area contributed by atoms with Gasteiger partial charge < -0.3 is 4.55 Å². The summed E-state index contributed by atoms with van der Waals surface area (Å²) in [6, 6.07) is 0. The lowest BCUT2D eigenvalue weighted by Gasteiger charge is -2.24. The summed E-state index contributed by atoms with van der Waals surface area (Å²) < 4.78 is 99.5.